The Balaban J connectivity index is 1.24. The zero-order valence-electron chi connectivity index (χ0n) is 24.1. The number of ether oxygens (including phenoxy) is 1. The van der Waals surface area contributed by atoms with Crippen molar-refractivity contribution in [3.63, 3.8) is 0 Å². The van der Waals surface area contributed by atoms with Crippen molar-refractivity contribution in [1.29, 1.82) is 0 Å². The third-order valence-corrected chi connectivity index (χ3v) is 13.2. The molecule has 0 aromatic rings. The lowest BCUT2D eigenvalue weighted by Crippen LogP contribution is -2.58. The fourth-order valence-corrected chi connectivity index (χ4v) is 11.1. The van der Waals surface area contributed by atoms with Gasteiger partial charge >= 0.3 is 10.3 Å². The lowest BCUT2D eigenvalue weighted by atomic mass is 9.65. The molecule has 0 spiro atoms. The molecule has 7 aliphatic rings. The van der Waals surface area contributed by atoms with Crippen molar-refractivity contribution in [2.45, 2.75) is 122 Å². The summed E-state index contributed by atoms with van der Waals surface area (Å²) >= 11 is 0. The van der Waals surface area contributed by atoms with Crippen LogP contribution in [0, 0.1) is 41.4 Å². The Morgan fingerprint density at radius 1 is 0.868 bits per heavy atom. The molecule has 218 valence electrons. The van der Waals surface area contributed by atoms with Crippen LogP contribution in [0.1, 0.15) is 91.9 Å². The van der Waals surface area contributed by atoms with Gasteiger partial charge in [0.1, 0.15) is 0 Å². The Kier molecular flexibility index (Phi) is 8.20. The summed E-state index contributed by atoms with van der Waals surface area (Å²) in [6.07, 6.45) is 11.4. The van der Waals surface area contributed by atoms with E-state index in [1.807, 2.05) is 0 Å². The molecule has 0 aromatic heterocycles. The normalized spacial score (nSPS) is 53.5. The van der Waals surface area contributed by atoms with Gasteiger partial charge in [0.2, 0.25) is 0 Å². The second kappa shape index (κ2) is 11.2. The van der Waals surface area contributed by atoms with Crippen molar-refractivity contribution in [2.75, 3.05) is 19.7 Å². The van der Waals surface area contributed by atoms with Crippen LogP contribution >= 0.6 is 0 Å². The van der Waals surface area contributed by atoms with Crippen LogP contribution in [0.15, 0.2) is 0 Å². The van der Waals surface area contributed by atoms with E-state index in [0.29, 0.717) is 42.3 Å². The molecule has 4 heterocycles. The minimum atomic E-state index is -3.72. The van der Waals surface area contributed by atoms with Gasteiger partial charge in [-0.3, -0.25) is 4.18 Å². The maximum atomic E-state index is 13.5. The lowest BCUT2D eigenvalue weighted by Gasteiger charge is -2.49. The zero-order valence-corrected chi connectivity index (χ0v) is 24.9. The summed E-state index contributed by atoms with van der Waals surface area (Å²) in [5.74, 6) is 3.39. The van der Waals surface area contributed by atoms with Crippen LogP contribution in [-0.4, -0.2) is 67.8 Å². The fraction of sp³-hybridized carbons (Fsp3) is 1.00. The van der Waals surface area contributed by atoms with Crippen molar-refractivity contribution in [1.82, 2.24) is 20.3 Å². The van der Waals surface area contributed by atoms with Gasteiger partial charge in [-0.15, -0.1) is 0 Å². The van der Waals surface area contributed by atoms with Crippen molar-refractivity contribution in [3.8, 4) is 0 Å². The lowest BCUT2D eigenvalue weighted by molar-refractivity contribution is -0.0743. The molecule has 7 rings (SSSR count). The topological polar surface area (TPSA) is 83.1 Å². The first-order chi connectivity index (χ1) is 18.2. The summed E-state index contributed by atoms with van der Waals surface area (Å²) in [6, 6.07) is 1.07. The van der Waals surface area contributed by atoms with Gasteiger partial charge in [-0.2, -0.15) is 18.3 Å². The van der Waals surface area contributed by atoms with E-state index in [0.717, 1.165) is 51.2 Å². The van der Waals surface area contributed by atoms with Crippen LogP contribution in [0.3, 0.4) is 0 Å². The quantitative estimate of drug-likeness (QED) is 0.468. The number of rotatable bonds is 0. The molecule has 9 bridgehead atoms. The zero-order chi connectivity index (χ0) is 26.6. The highest BCUT2D eigenvalue weighted by molar-refractivity contribution is 7.84. The predicted molar refractivity (Wildman–Crippen MR) is 148 cm³/mol. The molecule has 7 fully saturated rings. The number of hydrogen-bond acceptors (Lipinski definition) is 7. The van der Waals surface area contributed by atoms with E-state index in [1.54, 1.807) is 4.31 Å². The maximum absolute atomic E-state index is 13.5. The monoisotopic (exact) mass is 552 g/mol. The molecular weight excluding hydrogens is 500 g/mol. The van der Waals surface area contributed by atoms with Gasteiger partial charge in [-0.05, 0) is 93.8 Å². The molecule has 3 saturated carbocycles. The number of fused-ring (bicyclic) bond motifs is 5. The van der Waals surface area contributed by atoms with Crippen LogP contribution < -0.4 is 11.0 Å². The van der Waals surface area contributed by atoms with Gasteiger partial charge in [-0.1, -0.05) is 33.6 Å². The Morgan fingerprint density at radius 3 is 2.55 bits per heavy atom. The van der Waals surface area contributed by atoms with Gasteiger partial charge in [0.15, 0.2) is 0 Å². The van der Waals surface area contributed by atoms with Crippen molar-refractivity contribution in [2.24, 2.45) is 41.4 Å². The molecule has 0 amide bonds. The van der Waals surface area contributed by atoms with Crippen LogP contribution in [0.2, 0.25) is 0 Å². The van der Waals surface area contributed by atoms with Gasteiger partial charge in [0.05, 0.1) is 12.2 Å². The average Bonchev–Trinajstić information content (AvgIpc) is 3.29. The highest BCUT2D eigenvalue weighted by Gasteiger charge is 2.50. The Morgan fingerprint density at radius 2 is 1.71 bits per heavy atom. The molecule has 9 heteroatoms. The smallest absolute Gasteiger partial charge is 0.338 e. The molecule has 4 saturated heterocycles. The Hall–Kier alpha value is -0.290. The third kappa shape index (κ3) is 5.35. The molecule has 0 aromatic carbocycles. The molecule has 4 aliphatic heterocycles. The first kappa shape index (κ1) is 27.9. The number of hydrazine groups is 2. The van der Waals surface area contributed by atoms with Crippen LogP contribution in [0.4, 0.5) is 0 Å². The number of nitrogens with zero attached hydrogens (tertiary/aromatic N) is 2. The van der Waals surface area contributed by atoms with E-state index in [2.05, 4.69) is 43.7 Å². The first-order valence-corrected chi connectivity index (χ1v) is 17.2. The van der Waals surface area contributed by atoms with E-state index in [1.165, 1.54) is 32.1 Å². The standard InChI is InChI=1S/C29H52N4O4S/c1-18-7-8-22-14-23-9-10-27-28(20(23)3)30-31-32(27)11-5-6-12-36-25-13-19(2)29-24(16-25)17-33(38(34,35)37-29)21(4)26(18)15-22/h18-31H,5-17H2,1-4H3/t18?,19?,20?,21-,22?,23?,24?,25?,26?,27?,28?,29?/m1/s1. The summed E-state index contributed by atoms with van der Waals surface area (Å²) in [6.45, 7) is 11.5. The predicted octanol–water partition coefficient (Wildman–Crippen LogP) is 4.10. The molecule has 2 N–H and O–H groups in total. The Labute approximate surface area is 231 Å². The molecule has 0 radical (unpaired) electrons. The molecule has 13 unspecified atom stereocenters. The largest absolute Gasteiger partial charge is 0.378 e. The van der Waals surface area contributed by atoms with Crippen LogP contribution in [0.25, 0.3) is 0 Å². The second-order valence-corrected chi connectivity index (χ2v) is 15.5. The first-order valence-electron chi connectivity index (χ1n) is 15.8. The van der Waals surface area contributed by atoms with E-state index < -0.39 is 10.3 Å². The third-order valence-electron chi connectivity index (χ3n) is 11.7. The van der Waals surface area contributed by atoms with Crippen LogP contribution in [-0.2, 0) is 19.2 Å². The fourth-order valence-electron chi connectivity index (χ4n) is 9.41. The van der Waals surface area contributed by atoms with Gasteiger partial charge < -0.3 is 4.74 Å². The average molecular weight is 553 g/mol. The van der Waals surface area contributed by atoms with E-state index in [-0.39, 0.29) is 30.1 Å². The van der Waals surface area contributed by atoms with Crippen molar-refractivity contribution in [3.05, 3.63) is 0 Å². The minimum absolute atomic E-state index is 0.0247. The van der Waals surface area contributed by atoms with Crippen molar-refractivity contribution >= 4 is 10.3 Å². The molecule has 14 atom stereocenters. The highest BCUT2D eigenvalue weighted by atomic mass is 32.2. The van der Waals surface area contributed by atoms with E-state index in [4.69, 9.17) is 8.92 Å². The SMILES string of the molecule is CC1CC2CC3CN([C@H](C)C4CC(CCC4C)CC4CCC5C(NNN5CCCCO2)C4C)S(=O)(=O)OC13. The van der Waals surface area contributed by atoms with E-state index >= 15 is 0 Å². The van der Waals surface area contributed by atoms with Crippen LogP contribution in [0.5, 0.6) is 0 Å². The highest BCUT2D eigenvalue weighted by Crippen LogP contribution is 2.46. The maximum Gasteiger partial charge on any atom is 0.338 e. The summed E-state index contributed by atoms with van der Waals surface area (Å²) < 4.78 is 41.1. The summed E-state index contributed by atoms with van der Waals surface area (Å²) in [5.41, 5.74) is 7.19. The number of hydrogen-bond donors (Lipinski definition) is 2. The molecule has 38 heavy (non-hydrogen) atoms. The van der Waals surface area contributed by atoms with Gasteiger partial charge in [0, 0.05) is 43.7 Å². The summed E-state index contributed by atoms with van der Waals surface area (Å²) in [5, 5.41) is 2.47. The summed E-state index contributed by atoms with van der Waals surface area (Å²) in [7, 11) is -3.72. The van der Waals surface area contributed by atoms with Gasteiger partial charge in [0.25, 0.3) is 0 Å². The molecule has 8 nitrogen and oxygen atoms in total. The molecule has 3 aliphatic carbocycles. The van der Waals surface area contributed by atoms with Crippen molar-refractivity contribution < 1.29 is 17.3 Å². The van der Waals surface area contributed by atoms with E-state index in [9.17, 15) is 8.42 Å². The Bertz CT molecular complexity index is 936. The molecular formula is C29H52N4O4S. The second-order valence-electron chi connectivity index (χ2n) is 14.0. The minimum Gasteiger partial charge on any atom is -0.378 e. The van der Waals surface area contributed by atoms with Gasteiger partial charge in [-0.25, -0.2) is 10.4 Å². The number of nitrogens with one attached hydrogen (secondary N) is 2. The summed E-state index contributed by atoms with van der Waals surface area (Å²) in [4.78, 5) is 0.